The van der Waals surface area contributed by atoms with E-state index in [4.69, 9.17) is 0 Å². The predicted molar refractivity (Wildman–Crippen MR) is 130 cm³/mol. The van der Waals surface area contributed by atoms with Crippen molar-refractivity contribution in [2.24, 2.45) is 0 Å². The molecule has 0 atom stereocenters. The third-order valence-corrected chi connectivity index (χ3v) is 7.21. The van der Waals surface area contributed by atoms with Crippen LogP contribution in [0.2, 0.25) is 0 Å². The van der Waals surface area contributed by atoms with Crippen molar-refractivity contribution >= 4 is 45.5 Å². The van der Waals surface area contributed by atoms with Crippen molar-refractivity contribution in [1.29, 1.82) is 0 Å². The van der Waals surface area contributed by atoms with E-state index in [-0.39, 0.29) is 5.78 Å². The summed E-state index contributed by atoms with van der Waals surface area (Å²) in [5.41, 5.74) is 0.763. The first-order valence-corrected chi connectivity index (χ1v) is 11.9. The number of hydrogen-bond donors (Lipinski definition) is 0. The molecule has 3 heteroatoms. The number of Topliss-reactive ketones (excluding diaryl/α,β-unsaturated/α-hetero) is 1. The van der Waals surface area contributed by atoms with E-state index in [9.17, 15) is 4.79 Å². The molecule has 0 fully saturated rings. The second kappa shape index (κ2) is 11.5. The van der Waals surface area contributed by atoms with E-state index >= 15 is 0 Å². The van der Waals surface area contributed by atoms with E-state index in [1.165, 1.54) is 15.9 Å². The first kappa shape index (κ1) is 21.2. The van der Waals surface area contributed by atoms with E-state index in [2.05, 4.69) is 107 Å². The summed E-state index contributed by atoms with van der Waals surface area (Å²) in [4.78, 5) is 11.0. The normalized spacial score (nSPS) is 10.1. The van der Waals surface area contributed by atoms with Crippen LogP contribution in [0, 0.1) is 0 Å². The maximum absolute atomic E-state index is 11.0. The van der Waals surface area contributed by atoms with Gasteiger partial charge in [-0.1, -0.05) is 137 Å². The van der Waals surface area contributed by atoms with Crippen molar-refractivity contribution in [2.75, 3.05) is 5.33 Å². The molecule has 0 saturated carbocycles. The number of benzene rings is 4. The summed E-state index contributed by atoms with van der Waals surface area (Å²) in [7, 11) is -0.446. The number of alkyl halides is 1. The molecule has 4 rings (SSSR count). The summed E-state index contributed by atoms with van der Waals surface area (Å²) in [6.45, 7) is 0. The maximum Gasteiger partial charge on any atom is 0.173 e. The molecule has 4 aromatic rings. The average Bonchev–Trinajstić information content (AvgIpc) is 2.82. The fraction of sp³-hybridized carbons (Fsp3) is 0.0385. The zero-order valence-corrected chi connectivity index (χ0v) is 18.5. The Bertz CT molecular complexity index is 896. The van der Waals surface area contributed by atoms with Crippen molar-refractivity contribution in [1.82, 2.24) is 0 Å². The number of hydrogen-bond acceptors (Lipinski definition) is 1. The molecule has 0 aliphatic heterocycles. The lowest BCUT2D eigenvalue weighted by Crippen LogP contribution is -2.20. The van der Waals surface area contributed by atoms with Crippen LogP contribution in [-0.2, 0) is 0 Å². The van der Waals surface area contributed by atoms with Gasteiger partial charge in [0.15, 0.2) is 5.78 Å². The lowest BCUT2D eigenvalue weighted by molar-refractivity contribution is 0.102. The lowest BCUT2D eigenvalue weighted by atomic mass is 10.2. The van der Waals surface area contributed by atoms with Crippen LogP contribution in [0.1, 0.15) is 10.4 Å². The molecule has 144 valence electrons. The first-order valence-electron chi connectivity index (χ1n) is 9.39. The Morgan fingerprint density at radius 3 is 1.17 bits per heavy atom. The van der Waals surface area contributed by atoms with Crippen LogP contribution in [-0.4, -0.2) is 11.1 Å². The van der Waals surface area contributed by atoms with Crippen molar-refractivity contribution in [3.8, 4) is 0 Å². The molecule has 0 saturated heterocycles. The van der Waals surface area contributed by atoms with Crippen LogP contribution < -0.4 is 15.9 Å². The Kier molecular flexibility index (Phi) is 8.37. The van der Waals surface area contributed by atoms with Gasteiger partial charge in [-0.3, -0.25) is 4.79 Å². The maximum atomic E-state index is 11.0. The van der Waals surface area contributed by atoms with E-state index in [0.29, 0.717) is 5.33 Å². The van der Waals surface area contributed by atoms with Crippen LogP contribution >= 0.6 is 23.9 Å². The molecular weight excluding hydrogens is 439 g/mol. The Labute approximate surface area is 182 Å². The van der Waals surface area contributed by atoms with Gasteiger partial charge in [0.05, 0.1) is 5.33 Å². The van der Waals surface area contributed by atoms with Crippen molar-refractivity contribution < 1.29 is 4.79 Å². The van der Waals surface area contributed by atoms with E-state index in [1.54, 1.807) is 0 Å². The van der Waals surface area contributed by atoms with Gasteiger partial charge in [0.1, 0.15) is 0 Å². The lowest BCUT2D eigenvalue weighted by Gasteiger charge is -2.18. The van der Waals surface area contributed by atoms with Crippen LogP contribution in [0.4, 0.5) is 0 Å². The molecule has 0 N–H and O–H groups in total. The molecule has 0 heterocycles. The summed E-state index contributed by atoms with van der Waals surface area (Å²) in [5.74, 6) is 0.126. The predicted octanol–water partition coefficient (Wildman–Crippen LogP) is 5.71. The summed E-state index contributed by atoms with van der Waals surface area (Å²) >= 11 is 3.10. The molecule has 0 bridgehead atoms. The summed E-state index contributed by atoms with van der Waals surface area (Å²) in [6.07, 6.45) is 0. The largest absolute Gasteiger partial charge is 0.293 e. The second-order valence-corrected chi connectivity index (χ2v) is 9.05. The van der Waals surface area contributed by atoms with Gasteiger partial charge in [0, 0.05) is 5.56 Å². The smallest absolute Gasteiger partial charge is 0.173 e. The molecule has 0 amide bonds. The second-order valence-electron chi connectivity index (χ2n) is 6.26. The molecule has 0 radical (unpaired) electrons. The van der Waals surface area contributed by atoms with Gasteiger partial charge in [-0.05, 0) is 23.8 Å². The van der Waals surface area contributed by atoms with Gasteiger partial charge in [-0.2, -0.15) is 0 Å². The topological polar surface area (TPSA) is 17.1 Å². The van der Waals surface area contributed by atoms with Gasteiger partial charge < -0.3 is 0 Å². The fourth-order valence-electron chi connectivity index (χ4n) is 2.88. The minimum absolute atomic E-state index is 0.126. The van der Waals surface area contributed by atoms with Gasteiger partial charge in [0.25, 0.3) is 0 Å². The van der Waals surface area contributed by atoms with Crippen molar-refractivity contribution in [2.45, 2.75) is 0 Å². The third kappa shape index (κ3) is 6.22. The van der Waals surface area contributed by atoms with Crippen LogP contribution in [0.5, 0.6) is 0 Å². The van der Waals surface area contributed by atoms with Crippen LogP contribution in [0.15, 0.2) is 121 Å². The zero-order chi connectivity index (χ0) is 20.3. The number of ketones is 1. The number of carbonyl (C=O) groups excluding carboxylic acids is 1. The quantitative estimate of drug-likeness (QED) is 0.212. The van der Waals surface area contributed by atoms with Gasteiger partial charge >= 0.3 is 0 Å². The Hall–Kier alpha value is -2.54. The highest BCUT2D eigenvalue weighted by Crippen LogP contribution is 2.32. The molecule has 0 aliphatic rings. The molecule has 0 unspecified atom stereocenters. The molecular formula is C26H22BrOP. The summed E-state index contributed by atoms with van der Waals surface area (Å²) in [5, 5.41) is 4.59. The van der Waals surface area contributed by atoms with Crippen molar-refractivity contribution in [3.05, 3.63) is 127 Å². The standard InChI is InChI=1S/C18H15P.C8H7BrO/c1-4-10-16(11-5-1)19(17-12-6-2-7-13-17)18-14-8-3-9-15-18;9-6-8(10)7-4-2-1-3-5-7/h1-15H;1-5H,6H2. The molecule has 4 aromatic carbocycles. The van der Waals surface area contributed by atoms with Crippen molar-refractivity contribution in [3.63, 3.8) is 0 Å². The number of rotatable bonds is 5. The summed E-state index contributed by atoms with van der Waals surface area (Å²) < 4.78 is 0. The molecule has 29 heavy (non-hydrogen) atoms. The number of halogens is 1. The Morgan fingerprint density at radius 1 is 0.552 bits per heavy atom. The Balaban J connectivity index is 0.000000204. The third-order valence-electron chi connectivity index (χ3n) is 4.26. The molecule has 0 spiro atoms. The van der Waals surface area contributed by atoms with Gasteiger partial charge in [-0.15, -0.1) is 0 Å². The fourth-order valence-corrected chi connectivity index (χ4v) is 5.51. The highest BCUT2D eigenvalue weighted by molar-refractivity contribution is 9.09. The number of carbonyl (C=O) groups is 1. The first-order chi connectivity index (χ1) is 14.3. The zero-order valence-electron chi connectivity index (χ0n) is 16.0. The highest BCUT2D eigenvalue weighted by Gasteiger charge is 2.14. The monoisotopic (exact) mass is 460 g/mol. The minimum atomic E-state index is -0.446. The minimum Gasteiger partial charge on any atom is -0.293 e. The summed E-state index contributed by atoms with van der Waals surface area (Å²) in [6, 6.07) is 41.6. The molecule has 0 aliphatic carbocycles. The van der Waals surface area contributed by atoms with Gasteiger partial charge in [0.2, 0.25) is 0 Å². The van der Waals surface area contributed by atoms with Gasteiger partial charge in [-0.25, -0.2) is 0 Å². The molecule has 0 aromatic heterocycles. The van der Waals surface area contributed by atoms with E-state index < -0.39 is 7.92 Å². The average molecular weight is 461 g/mol. The Morgan fingerprint density at radius 2 is 0.862 bits per heavy atom. The van der Waals surface area contributed by atoms with E-state index in [1.807, 2.05) is 30.3 Å². The highest BCUT2D eigenvalue weighted by atomic mass is 79.9. The van der Waals surface area contributed by atoms with Crippen LogP contribution in [0.3, 0.4) is 0 Å². The van der Waals surface area contributed by atoms with Crippen LogP contribution in [0.25, 0.3) is 0 Å². The SMILES string of the molecule is O=C(CBr)c1ccccc1.c1ccc(P(c2ccccc2)c2ccccc2)cc1. The molecule has 1 nitrogen and oxygen atoms in total. The van der Waals surface area contributed by atoms with E-state index in [0.717, 1.165) is 5.56 Å².